The third-order valence-corrected chi connectivity index (χ3v) is 6.31. The zero-order chi connectivity index (χ0) is 15.4. The van der Waals surface area contributed by atoms with Gasteiger partial charge in [-0.3, -0.25) is 4.98 Å². The highest BCUT2D eigenvalue weighted by atomic mass is 32.2. The molecule has 0 aromatic carbocycles. The first-order valence-electron chi connectivity index (χ1n) is 8.29. The molecule has 4 nitrogen and oxygen atoms in total. The largest absolute Gasteiger partial charge is 0.330 e. The number of amides is 2. The highest BCUT2D eigenvalue weighted by Gasteiger charge is 2.38. The second-order valence-corrected chi connectivity index (χ2v) is 8.00. The van der Waals surface area contributed by atoms with Gasteiger partial charge in [0.05, 0.1) is 11.7 Å². The molecule has 1 saturated heterocycles. The van der Waals surface area contributed by atoms with Gasteiger partial charge in [-0.2, -0.15) is 11.8 Å². The summed E-state index contributed by atoms with van der Waals surface area (Å²) in [6.45, 7) is 3.75. The van der Waals surface area contributed by atoms with Crippen LogP contribution in [0.4, 0.5) is 4.79 Å². The number of carbonyl (C=O) groups excluding carboxylic acids is 1. The van der Waals surface area contributed by atoms with E-state index >= 15 is 0 Å². The predicted octanol–water partition coefficient (Wildman–Crippen LogP) is 3.60. The van der Waals surface area contributed by atoms with Crippen molar-refractivity contribution in [3.8, 4) is 0 Å². The lowest BCUT2D eigenvalue weighted by Crippen LogP contribution is -2.53. The van der Waals surface area contributed by atoms with Crippen LogP contribution in [0.15, 0.2) is 24.4 Å². The van der Waals surface area contributed by atoms with Crippen molar-refractivity contribution >= 4 is 17.8 Å². The van der Waals surface area contributed by atoms with Crippen LogP contribution in [0.2, 0.25) is 0 Å². The Balaban J connectivity index is 1.60. The standard InChI is InChI=1S/C17H25N3OS/c1-14(15-7-3-6-10-18-15)19-16(21)20-11-12-22-17(13-20)8-4-2-5-9-17/h3,6-7,10,14H,2,4-5,8-9,11-13H2,1H3,(H,19,21). The van der Waals surface area contributed by atoms with Crippen molar-refractivity contribution in [2.45, 2.75) is 49.8 Å². The number of urea groups is 1. The van der Waals surface area contributed by atoms with Crippen molar-refractivity contribution in [1.29, 1.82) is 0 Å². The van der Waals surface area contributed by atoms with E-state index in [1.54, 1.807) is 6.20 Å². The van der Waals surface area contributed by atoms with Crippen molar-refractivity contribution in [3.05, 3.63) is 30.1 Å². The molecule has 1 aromatic rings. The van der Waals surface area contributed by atoms with Crippen LogP contribution in [0.3, 0.4) is 0 Å². The molecule has 2 aliphatic rings. The molecule has 22 heavy (non-hydrogen) atoms. The van der Waals surface area contributed by atoms with Crippen molar-refractivity contribution in [2.75, 3.05) is 18.8 Å². The summed E-state index contributed by atoms with van der Waals surface area (Å²) in [5.74, 6) is 1.06. The van der Waals surface area contributed by atoms with Gasteiger partial charge >= 0.3 is 6.03 Å². The fraction of sp³-hybridized carbons (Fsp3) is 0.647. The molecule has 1 aliphatic carbocycles. The Bertz CT molecular complexity index is 496. The summed E-state index contributed by atoms with van der Waals surface area (Å²) in [7, 11) is 0. The van der Waals surface area contributed by atoms with Gasteiger partial charge in [-0.25, -0.2) is 4.79 Å². The Labute approximate surface area is 137 Å². The number of nitrogens with zero attached hydrogens (tertiary/aromatic N) is 2. The number of hydrogen-bond donors (Lipinski definition) is 1. The fourth-order valence-electron chi connectivity index (χ4n) is 3.50. The molecule has 1 unspecified atom stereocenters. The third kappa shape index (κ3) is 3.57. The minimum Gasteiger partial charge on any atom is -0.330 e. The normalized spacial score (nSPS) is 22.3. The smallest absolute Gasteiger partial charge is 0.317 e. The molecule has 0 bridgehead atoms. The highest BCUT2D eigenvalue weighted by Crippen LogP contribution is 2.42. The summed E-state index contributed by atoms with van der Waals surface area (Å²) >= 11 is 2.09. The Morgan fingerprint density at radius 3 is 2.91 bits per heavy atom. The summed E-state index contributed by atoms with van der Waals surface area (Å²) in [5.41, 5.74) is 0.912. The highest BCUT2D eigenvalue weighted by molar-refractivity contribution is 8.00. The van der Waals surface area contributed by atoms with Gasteiger partial charge in [-0.15, -0.1) is 0 Å². The molecule has 1 spiro atoms. The van der Waals surface area contributed by atoms with Crippen molar-refractivity contribution in [3.63, 3.8) is 0 Å². The van der Waals surface area contributed by atoms with Crippen LogP contribution in [0, 0.1) is 0 Å². The first kappa shape index (κ1) is 15.7. The van der Waals surface area contributed by atoms with E-state index in [0.29, 0.717) is 4.75 Å². The van der Waals surface area contributed by atoms with E-state index in [9.17, 15) is 4.79 Å². The topological polar surface area (TPSA) is 45.2 Å². The zero-order valence-corrected chi connectivity index (χ0v) is 14.1. The Morgan fingerprint density at radius 2 is 2.18 bits per heavy atom. The monoisotopic (exact) mass is 319 g/mol. The van der Waals surface area contributed by atoms with Crippen LogP contribution < -0.4 is 5.32 Å². The zero-order valence-electron chi connectivity index (χ0n) is 13.3. The van der Waals surface area contributed by atoms with E-state index in [-0.39, 0.29) is 12.1 Å². The lowest BCUT2D eigenvalue weighted by molar-refractivity contribution is 0.182. The van der Waals surface area contributed by atoms with Crippen molar-refractivity contribution < 1.29 is 4.79 Å². The molecule has 1 aliphatic heterocycles. The molecule has 5 heteroatoms. The molecule has 1 atom stereocenters. The fourth-order valence-corrected chi connectivity index (χ4v) is 5.07. The van der Waals surface area contributed by atoms with E-state index in [0.717, 1.165) is 24.5 Å². The molecular weight excluding hydrogens is 294 g/mol. The second-order valence-electron chi connectivity index (χ2n) is 6.44. The van der Waals surface area contributed by atoms with Gasteiger partial charge in [0, 0.05) is 29.8 Å². The van der Waals surface area contributed by atoms with Crippen LogP contribution in [-0.2, 0) is 0 Å². The van der Waals surface area contributed by atoms with Gasteiger partial charge in [-0.05, 0) is 31.9 Å². The number of thioether (sulfide) groups is 1. The number of rotatable bonds is 2. The molecular formula is C17H25N3OS. The summed E-state index contributed by atoms with van der Waals surface area (Å²) in [5, 5.41) is 3.10. The number of carbonyl (C=O) groups is 1. The Hall–Kier alpha value is -1.23. The molecule has 3 rings (SSSR count). The average molecular weight is 319 g/mol. The van der Waals surface area contributed by atoms with Crippen LogP contribution >= 0.6 is 11.8 Å². The quantitative estimate of drug-likeness (QED) is 0.906. The van der Waals surface area contributed by atoms with Crippen molar-refractivity contribution in [1.82, 2.24) is 15.2 Å². The minimum atomic E-state index is -0.0504. The molecule has 1 saturated carbocycles. The summed E-state index contributed by atoms with van der Waals surface area (Å²) in [4.78, 5) is 18.9. The third-order valence-electron chi connectivity index (χ3n) is 4.77. The van der Waals surface area contributed by atoms with Gasteiger partial charge in [-0.1, -0.05) is 25.3 Å². The van der Waals surface area contributed by atoms with E-state index in [1.807, 2.05) is 30.0 Å². The molecule has 1 aromatic heterocycles. The minimum absolute atomic E-state index is 0.0504. The predicted molar refractivity (Wildman–Crippen MR) is 91.0 cm³/mol. The van der Waals surface area contributed by atoms with Crippen LogP contribution in [-0.4, -0.2) is 39.5 Å². The number of pyridine rings is 1. The molecule has 2 amide bonds. The first-order chi connectivity index (χ1) is 10.7. The SMILES string of the molecule is CC(NC(=O)N1CCSC2(CCCCC2)C1)c1ccccn1. The first-order valence-corrected chi connectivity index (χ1v) is 9.27. The van der Waals surface area contributed by atoms with Gasteiger partial charge in [0.15, 0.2) is 0 Å². The van der Waals surface area contributed by atoms with E-state index < -0.39 is 0 Å². The van der Waals surface area contributed by atoms with Crippen LogP contribution in [0.25, 0.3) is 0 Å². The summed E-state index contributed by atoms with van der Waals surface area (Å²) in [6, 6.07) is 5.82. The van der Waals surface area contributed by atoms with E-state index in [2.05, 4.69) is 22.1 Å². The van der Waals surface area contributed by atoms with E-state index in [1.165, 1.54) is 32.1 Å². The van der Waals surface area contributed by atoms with Gasteiger partial charge < -0.3 is 10.2 Å². The number of hydrogen-bond acceptors (Lipinski definition) is 3. The molecule has 0 radical (unpaired) electrons. The van der Waals surface area contributed by atoms with E-state index in [4.69, 9.17) is 0 Å². The number of aromatic nitrogens is 1. The molecule has 120 valence electrons. The lowest BCUT2D eigenvalue weighted by atomic mass is 9.87. The second kappa shape index (κ2) is 6.90. The maximum absolute atomic E-state index is 12.6. The average Bonchev–Trinajstić information content (AvgIpc) is 2.56. The lowest BCUT2D eigenvalue weighted by Gasteiger charge is -2.44. The van der Waals surface area contributed by atoms with Gasteiger partial charge in [0.1, 0.15) is 0 Å². The maximum atomic E-state index is 12.6. The summed E-state index contributed by atoms with van der Waals surface area (Å²) in [6.07, 6.45) is 8.27. The maximum Gasteiger partial charge on any atom is 0.317 e. The molecule has 2 heterocycles. The van der Waals surface area contributed by atoms with Gasteiger partial charge in [0.25, 0.3) is 0 Å². The van der Waals surface area contributed by atoms with Crippen LogP contribution in [0.5, 0.6) is 0 Å². The van der Waals surface area contributed by atoms with Gasteiger partial charge in [0.2, 0.25) is 0 Å². The summed E-state index contributed by atoms with van der Waals surface area (Å²) < 4.78 is 0.322. The number of nitrogens with one attached hydrogen (secondary N) is 1. The molecule has 2 fully saturated rings. The Kier molecular flexibility index (Phi) is 4.91. The Morgan fingerprint density at radius 1 is 1.36 bits per heavy atom. The molecule has 1 N–H and O–H groups in total. The van der Waals surface area contributed by atoms with Crippen LogP contribution in [0.1, 0.15) is 50.8 Å². The van der Waals surface area contributed by atoms with Crippen molar-refractivity contribution in [2.24, 2.45) is 0 Å².